The summed E-state index contributed by atoms with van der Waals surface area (Å²) in [7, 11) is 0. The van der Waals surface area contributed by atoms with E-state index in [2.05, 4.69) is 5.10 Å². The summed E-state index contributed by atoms with van der Waals surface area (Å²) in [5, 5.41) is 14.0. The number of aliphatic hydroxyl groups excluding tert-OH is 1. The second-order valence-corrected chi connectivity index (χ2v) is 4.81. The van der Waals surface area contributed by atoms with Gasteiger partial charge in [-0.25, -0.2) is 9.07 Å². The summed E-state index contributed by atoms with van der Waals surface area (Å²) in [6.07, 6.45) is 2.11. The van der Waals surface area contributed by atoms with E-state index in [0.29, 0.717) is 22.3 Å². The molecule has 1 aromatic heterocycles. The van der Waals surface area contributed by atoms with Crippen LogP contribution in [0.5, 0.6) is 0 Å². The van der Waals surface area contributed by atoms with Crippen molar-refractivity contribution in [1.29, 1.82) is 0 Å². The van der Waals surface area contributed by atoms with Crippen LogP contribution in [0.25, 0.3) is 5.69 Å². The van der Waals surface area contributed by atoms with Crippen molar-refractivity contribution in [3.05, 3.63) is 46.5 Å². The Balaban J connectivity index is 2.15. The predicted octanol–water partition coefficient (Wildman–Crippen LogP) is 3.03. The molecule has 18 heavy (non-hydrogen) atoms. The van der Waals surface area contributed by atoms with Crippen molar-refractivity contribution in [2.45, 2.75) is 25.4 Å². The molecular formula is C13H12ClFN2O. The van der Waals surface area contributed by atoms with Crippen LogP contribution in [0.3, 0.4) is 0 Å². The Morgan fingerprint density at radius 2 is 2.11 bits per heavy atom. The lowest BCUT2D eigenvalue weighted by molar-refractivity contribution is 0.280. The lowest BCUT2D eigenvalue weighted by Crippen LogP contribution is -2.00. The Hall–Kier alpha value is -1.39. The number of benzene rings is 1. The van der Waals surface area contributed by atoms with Crippen molar-refractivity contribution in [1.82, 2.24) is 9.78 Å². The maximum atomic E-state index is 13.7. The van der Waals surface area contributed by atoms with Gasteiger partial charge in [-0.15, -0.1) is 0 Å². The molecule has 0 atom stereocenters. The van der Waals surface area contributed by atoms with Gasteiger partial charge in [0.25, 0.3) is 0 Å². The maximum Gasteiger partial charge on any atom is 0.148 e. The summed E-state index contributed by atoms with van der Waals surface area (Å²) < 4.78 is 15.1. The number of rotatable bonds is 3. The minimum absolute atomic E-state index is 0.168. The van der Waals surface area contributed by atoms with Gasteiger partial charge in [-0.1, -0.05) is 23.7 Å². The van der Waals surface area contributed by atoms with Crippen molar-refractivity contribution < 1.29 is 9.50 Å². The van der Waals surface area contributed by atoms with E-state index >= 15 is 0 Å². The Bertz CT molecular complexity index is 593. The molecule has 0 unspecified atom stereocenters. The average Bonchev–Trinajstić information content (AvgIpc) is 3.15. The fourth-order valence-corrected chi connectivity index (χ4v) is 2.35. The molecule has 1 heterocycles. The molecule has 0 saturated heterocycles. The summed E-state index contributed by atoms with van der Waals surface area (Å²) >= 11 is 6.18. The summed E-state index contributed by atoms with van der Waals surface area (Å²) in [6.45, 7) is -0.168. The van der Waals surface area contributed by atoms with Gasteiger partial charge in [-0.2, -0.15) is 5.10 Å². The Labute approximate surface area is 109 Å². The molecule has 1 fully saturated rings. The van der Waals surface area contributed by atoms with Gasteiger partial charge in [0.2, 0.25) is 0 Å². The molecule has 0 amide bonds. The van der Waals surface area contributed by atoms with Gasteiger partial charge < -0.3 is 5.11 Å². The monoisotopic (exact) mass is 266 g/mol. The molecule has 0 radical (unpaired) electrons. The van der Waals surface area contributed by atoms with Gasteiger partial charge in [0.1, 0.15) is 16.7 Å². The molecule has 1 aromatic carbocycles. The number of nitrogens with zero attached hydrogens (tertiary/aromatic N) is 2. The van der Waals surface area contributed by atoms with Crippen molar-refractivity contribution in [3.63, 3.8) is 0 Å². The molecule has 1 N–H and O–H groups in total. The number of para-hydroxylation sites is 1. The van der Waals surface area contributed by atoms with Gasteiger partial charge >= 0.3 is 0 Å². The van der Waals surface area contributed by atoms with Crippen molar-refractivity contribution in [2.24, 2.45) is 0 Å². The molecule has 1 saturated carbocycles. The third-order valence-electron chi connectivity index (χ3n) is 3.15. The van der Waals surface area contributed by atoms with Gasteiger partial charge in [0.15, 0.2) is 0 Å². The predicted molar refractivity (Wildman–Crippen MR) is 66.4 cm³/mol. The second-order valence-electron chi connectivity index (χ2n) is 4.45. The summed E-state index contributed by atoms with van der Waals surface area (Å²) in [5.74, 6) is -0.0218. The molecule has 0 bridgehead atoms. The van der Waals surface area contributed by atoms with Gasteiger partial charge in [-0.05, 0) is 25.0 Å². The normalized spacial score (nSPS) is 15.1. The first kappa shape index (κ1) is 11.7. The average molecular weight is 267 g/mol. The molecule has 1 aliphatic rings. The molecule has 2 aromatic rings. The largest absolute Gasteiger partial charge is 0.391 e. The first-order valence-corrected chi connectivity index (χ1v) is 6.23. The standard InChI is InChI=1S/C13H12ClFN2O/c14-13-9(7-18)12(8-5-6-8)16-17(13)11-4-2-1-3-10(11)15/h1-4,8,18H,5-7H2. The first-order chi connectivity index (χ1) is 8.72. The summed E-state index contributed by atoms with van der Waals surface area (Å²) in [4.78, 5) is 0. The third kappa shape index (κ3) is 1.82. The fourth-order valence-electron chi connectivity index (χ4n) is 2.06. The smallest absolute Gasteiger partial charge is 0.148 e. The van der Waals surface area contributed by atoms with Crippen LogP contribution >= 0.6 is 11.6 Å². The van der Waals surface area contributed by atoms with Crippen molar-refractivity contribution >= 4 is 11.6 Å². The first-order valence-electron chi connectivity index (χ1n) is 5.85. The molecule has 3 rings (SSSR count). The second kappa shape index (κ2) is 4.37. The lowest BCUT2D eigenvalue weighted by Gasteiger charge is -2.04. The van der Waals surface area contributed by atoms with E-state index in [1.807, 2.05) is 0 Å². The van der Waals surface area contributed by atoms with Gasteiger partial charge in [0.05, 0.1) is 12.3 Å². The minimum Gasteiger partial charge on any atom is -0.391 e. The molecule has 1 aliphatic carbocycles. The zero-order valence-corrected chi connectivity index (χ0v) is 10.4. The minimum atomic E-state index is -0.381. The topological polar surface area (TPSA) is 38.1 Å². The molecule has 94 valence electrons. The fraction of sp³-hybridized carbons (Fsp3) is 0.308. The number of hydrogen-bond acceptors (Lipinski definition) is 2. The summed E-state index contributed by atoms with van der Waals surface area (Å²) in [5.41, 5.74) is 1.72. The van der Waals surface area contributed by atoms with Crippen molar-refractivity contribution in [2.75, 3.05) is 0 Å². The van der Waals surface area contributed by atoms with E-state index in [1.165, 1.54) is 10.7 Å². The van der Waals surface area contributed by atoms with E-state index in [9.17, 15) is 9.50 Å². The van der Waals surface area contributed by atoms with Gasteiger partial charge in [0, 0.05) is 11.5 Å². The van der Waals surface area contributed by atoms with E-state index in [1.54, 1.807) is 18.2 Å². The Kier molecular flexibility index (Phi) is 2.84. The Morgan fingerprint density at radius 3 is 2.72 bits per heavy atom. The number of aromatic nitrogens is 2. The lowest BCUT2D eigenvalue weighted by atomic mass is 10.2. The van der Waals surface area contributed by atoms with E-state index < -0.39 is 0 Å². The molecule has 0 spiro atoms. The zero-order valence-electron chi connectivity index (χ0n) is 9.61. The van der Waals surface area contributed by atoms with Crippen LogP contribution in [-0.2, 0) is 6.61 Å². The summed E-state index contributed by atoms with van der Waals surface area (Å²) in [6, 6.07) is 6.33. The quantitative estimate of drug-likeness (QED) is 0.927. The SMILES string of the molecule is OCc1c(C2CC2)nn(-c2ccccc2F)c1Cl. The molecule has 3 nitrogen and oxygen atoms in total. The zero-order chi connectivity index (χ0) is 12.7. The van der Waals surface area contributed by atoms with E-state index in [-0.39, 0.29) is 12.4 Å². The number of hydrogen-bond donors (Lipinski definition) is 1. The van der Waals surface area contributed by atoms with Gasteiger partial charge in [-0.3, -0.25) is 0 Å². The highest BCUT2D eigenvalue weighted by atomic mass is 35.5. The van der Waals surface area contributed by atoms with Crippen LogP contribution in [0.1, 0.15) is 30.0 Å². The maximum absolute atomic E-state index is 13.7. The number of aliphatic hydroxyl groups is 1. The van der Waals surface area contributed by atoms with E-state index in [4.69, 9.17) is 11.6 Å². The highest BCUT2D eigenvalue weighted by Crippen LogP contribution is 2.43. The van der Waals surface area contributed by atoms with Crippen LogP contribution < -0.4 is 0 Å². The van der Waals surface area contributed by atoms with E-state index in [0.717, 1.165) is 18.5 Å². The van der Waals surface area contributed by atoms with Crippen molar-refractivity contribution in [3.8, 4) is 5.69 Å². The van der Waals surface area contributed by atoms with Crippen LogP contribution in [0.4, 0.5) is 4.39 Å². The Morgan fingerprint density at radius 1 is 1.39 bits per heavy atom. The highest BCUT2D eigenvalue weighted by molar-refractivity contribution is 6.30. The van der Waals surface area contributed by atoms with Crippen LogP contribution in [0.15, 0.2) is 24.3 Å². The van der Waals surface area contributed by atoms with Crippen LogP contribution in [0.2, 0.25) is 5.15 Å². The molecule has 0 aliphatic heterocycles. The third-order valence-corrected chi connectivity index (χ3v) is 3.54. The molecular weight excluding hydrogens is 255 g/mol. The molecule has 5 heteroatoms. The van der Waals surface area contributed by atoms with Crippen LogP contribution in [-0.4, -0.2) is 14.9 Å². The van der Waals surface area contributed by atoms with Crippen LogP contribution in [0, 0.1) is 5.82 Å². The number of halogens is 2. The highest BCUT2D eigenvalue weighted by Gasteiger charge is 2.31.